The Morgan fingerprint density at radius 1 is 1.27 bits per heavy atom. The van der Waals surface area contributed by atoms with Crippen molar-refractivity contribution in [2.24, 2.45) is 11.3 Å². The first-order valence-corrected chi connectivity index (χ1v) is 7.69. The van der Waals surface area contributed by atoms with Crippen LogP contribution < -0.4 is 0 Å². The van der Waals surface area contributed by atoms with Crippen molar-refractivity contribution >= 4 is 23.5 Å². The molecule has 1 fully saturated rings. The molecular formula is C12H20OS2. The van der Waals surface area contributed by atoms with E-state index >= 15 is 0 Å². The van der Waals surface area contributed by atoms with Gasteiger partial charge < -0.3 is 5.11 Å². The second kappa shape index (κ2) is 4.34. The Morgan fingerprint density at radius 3 is 2.47 bits per heavy atom. The lowest BCUT2D eigenvalue weighted by Crippen LogP contribution is -2.35. The Labute approximate surface area is 101 Å². The van der Waals surface area contributed by atoms with E-state index in [0.29, 0.717) is 11.3 Å². The van der Waals surface area contributed by atoms with E-state index in [1.54, 1.807) is 23.5 Å². The second-order valence-electron chi connectivity index (χ2n) is 5.17. The summed E-state index contributed by atoms with van der Waals surface area (Å²) >= 11 is 3.48. The zero-order valence-corrected chi connectivity index (χ0v) is 11.2. The van der Waals surface area contributed by atoms with E-state index in [-0.39, 0.29) is 0 Å². The van der Waals surface area contributed by atoms with Crippen LogP contribution in [0.15, 0.2) is 12.2 Å². The van der Waals surface area contributed by atoms with Crippen molar-refractivity contribution in [1.82, 2.24) is 0 Å². The van der Waals surface area contributed by atoms with Gasteiger partial charge in [0.15, 0.2) is 4.27 Å². The third kappa shape index (κ3) is 2.75. The summed E-state index contributed by atoms with van der Waals surface area (Å²) in [7, 11) is 0. The lowest BCUT2D eigenvalue weighted by Gasteiger charge is -2.40. The van der Waals surface area contributed by atoms with E-state index in [1.165, 1.54) is 12.8 Å². The zero-order chi connectivity index (χ0) is 10.9. The molecule has 1 nitrogen and oxygen atoms in total. The second-order valence-corrected chi connectivity index (χ2v) is 8.07. The molecule has 3 heteroatoms. The van der Waals surface area contributed by atoms with Gasteiger partial charge in [0.05, 0.1) is 0 Å². The Kier molecular flexibility index (Phi) is 3.44. The highest BCUT2D eigenvalue weighted by Gasteiger charge is 2.40. The molecule has 86 valence electrons. The molecule has 1 aliphatic carbocycles. The van der Waals surface area contributed by atoms with Crippen LogP contribution >= 0.6 is 23.5 Å². The summed E-state index contributed by atoms with van der Waals surface area (Å²) in [6.45, 7) is 4.54. The quantitative estimate of drug-likeness (QED) is 0.713. The zero-order valence-electron chi connectivity index (χ0n) is 9.53. The number of hydrogen-bond donors (Lipinski definition) is 1. The topological polar surface area (TPSA) is 20.2 Å². The minimum Gasteiger partial charge on any atom is -0.370 e. The molecule has 0 saturated carbocycles. The van der Waals surface area contributed by atoms with Gasteiger partial charge in [-0.3, -0.25) is 0 Å². The average molecular weight is 244 g/mol. The summed E-state index contributed by atoms with van der Waals surface area (Å²) in [5.74, 6) is 2.56. The normalized spacial score (nSPS) is 33.9. The number of aliphatic hydroxyl groups is 1. The van der Waals surface area contributed by atoms with Crippen LogP contribution in [0.3, 0.4) is 0 Å². The van der Waals surface area contributed by atoms with E-state index in [0.717, 1.165) is 17.9 Å². The third-order valence-corrected chi connectivity index (χ3v) is 6.38. The molecule has 1 aliphatic heterocycles. The fourth-order valence-electron chi connectivity index (χ4n) is 2.14. The summed E-state index contributed by atoms with van der Waals surface area (Å²) in [5.41, 5.74) is 0.330. The largest absolute Gasteiger partial charge is 0.370 e. The molecule has 0 amide bonds. The molecule has 0 aromatic rings. The van der Waals surface area contributed by atoms with E-state index in [9.17, 15) is 5.11 Å². The summed E-state index contributed by atoms with van der Waals surface area (Å²) in [6.07, 6.45) is 8.08. The van der Waals surface area contributed by atoms with Crippen LogP contribution in [-0.2, 0) is 0 Å². The fraction of sp³-hybridized carbons (Fsp3) is 0.833. The average Bonchev–Trinajstić information content (AvgIpc) is 2.18. The molecule has 0 bridgehead atoms. The minimum atomic E-state index is -0.536. The van der Waals surface area contributed by atoms with Crippen molar-refractivity contribution in [2.45, 2.75) is 37.4 Å². The Hall–Kier alpha value is 0.400. The molecule has 0 radical (unpaired) electrons. The Morgan fingerprint density at radius 2 is 1.93 bits per heavy atom. The van der Waals surface area contributed by atoms with E-state index in [4.69, 9.17) is 0 Å². The van der Waals surface area contributed by atoms with Gasteiger partial charge in [0.2, 0.25) is 0 Å². The minimum absolute atomic E-state index is 0.330. The van der Waals surface area contributed by atoms with Crippen LogP contribution in [0.4, 0.5) is 0 Å². The molecular weight excluding hydrogens is 224 g/mol. The van der Waals surface area contributed by atoms with Crippen molar-refractivity contribution in [3.05, 3.63) is 12.2 Å². The molecule has 0 aromatic heterocycles. The number of rotatable bonds is 1. The monoisotopic (exact) mass is 244 g/mol. The molecule has 2 rings (SSSR count). The van der Waals surface area contributed by atoms with Gasteiger partial charge in [0, 0.05) is 5.92 Å². The van der Waals surface area contributed by atoms with Crippen molar-refractivity contribution < 1.29 is 5.11 Å². The van der Waals surface area contributed by atoms with Gasteiger partial charge in [-0.25, -0.2) is 0 Å². The predicted octanol–water partition coefficient (Wildman–Crippen LogP) is 3.50. The van der Waals surface area contributed by atoms with Crippen molar-refractivity contribution in [1.29, 1.82) is 0 Å². The maximum Gasteiger partial charge on any atom is 0.163 e. The van der Waals surface area contributed by atoms with Crippen LogP contribution in [0.1, 0.15) is 33.1 Å². The summed E-state index contributed by atoms with van der Waals surface area (Å²) in [6, 6.07) is 0. The van der Waals surface area contributed by atoms with Crippen LogP contribution in [0, 0.1) is 11.3 Å². The third-order valence-electron chi connectivity index (χ3n) is 3.25. The Balaban J connectivity index is 2.05. The summed E-state index contributed by atoms with van der Waals surface area (Å²) in [5, 5.41) is 10.5. The first kappa shape index (κ1) is 11.9. The van der Waals surface area contributed by atoms with Gasteiger partial charge in [0.25, 0.3) is 0 Å². The molecule has 1 heterocycles. The van der Waals surface area contributed by atoms with Gasteiger partial charge in [-0.15, -0.1) is 23.5 Å². The van der Waals surface area contributed by atoms with Gasteiger partial charge >= 0.3 is 0 Å². The highest BCUT2D eigenvalue weighted by Crippen LogP contribution is 2.49. The maximum absolute atomic E-state index is 10.5. The van der Waals surface area contributed by atoms with E-state index in [2.05, 4.69) is 26.0 Å². The van der Waals surface area contributed by atoms with Crippen LogP contribution in [0.5, 0.6) is 0 Å². The van der Waals surface area contributed by atoms with Crippen LogP contribution in [-0.4, -0.2) is 20.9 Å². The number of allylic oxidation sites excluding steroid dienone is 1. The smallest absolute Gasteiger partial charge is 0.163 e. The molecule has 0 aromatic carbocycles. The fourth-order valence-corrected chi connectivity index (χ4v) is 5.14. The molecule has 1 unspecified atom stereocenters. The van der Waals surface area contributed by atoms with E-state index in [1.807, 2.05) is 0 Å². The predicted molar refractivity (Wildman–Crippen MR) is 70.1 cm³/mol. The first-order valence-electron chi connectivity index (χ1n) is 5.72. The highest BCUT2D eigenvalue weighted by atomic mass is 32.2. The van der Waals surface area contributed by atoms with Crippen molar-refractivity contribution in [3.63, 3.8) is 0 Å². The van der Waals surface area contributed by atoms with Crippen molar-refractivity contribution in [2.75, 3.05) is 11.5 Å². The van der Waals surface area contributed by atoms with E-state index < -0.39 is 4.27 Å². The van der Waals surface area contributed by atoms with Crippen molar-refractivity contribution in [3.8, 4) is 0 Å². The van der Waals surface area contributed by atoms with Crippen LogP contribution in [0.25, 0.3) is 0 Å². The maximum atomic E-state index is 10.5. The number of thioether (sulfide) groups is 2. The SMILES string of the molecule is CC1(C)C=CC(C2(O)SCCCS2)CC1. The van der Waals surface area contributed by atoms with Gasteiger partial charge in [0.1, 0.15) is 0 Å². The van der Waals surface area contributed by atoms with Gasteiger partial charge in [-0.1, -0.05) is 26.0 Å². The standard InChI is InChI=1S/C12H20OS2/c1-11(2)6-4-10(5-7-11)12(13)14-8-3-9-15-12/h4,6,10,13H,3,5,7-9H2,1-2H3. The molecule has 0 spiro atoms. The van der Waals surface area contributed by atoms with Crippen LogP contribution in [0.2, 0.25) is 0 Å². The van der Waals surface area contributed by atoms with Gasteiger partial charge in [-0.05, 0) is 36.2 Å². The molecule has 2 aliphatic rings. The summed E-state index contributed by atoms with van der Waals surface area (Å²) in [4.78, 5) is 0. The molecule has 1 saturated heterocycles. The summed E-state index contributed by atoms with van der Waals surface area (Å²) < 4.78 is -0.536. The lowest BCUT2D eigenvalue weighted by atomic mass is 9.79. The first-order chi connectivity index (χ1) is 7.02. The molecule has 1 atom stereocenters. The number of hydrogen-bond acceptors (Lipinski definition) is 3. The molecule has 15 heavy (non-hydrogen) atoms. The van der Waals surface area contributed by atoms with Gasteiger partial charge in [-0.2, -0.15) is 0 Å². The highest BCUT2D eigenvalue weighted by molar-refractivity contribution is 8.18. The lowest BCUT2D eigenvalue weighted by molar-refractivity contribution is 0.161. The molecule has 1 N–H and O–H groups in total. The Bertz CT molecular complexity index is 254.